The SMILES string of the molecule is COC(=O)C(C)c1nc(OC)nc(OC)c1SC. The predicted molar refractivity (Wildman–Crippen MR) is 67.3 cm³/mol. The highest BCUT2D eigenvalue weighted by molar-refractivity contribution is 7.98. The Labute approximate surface area is 110 Å². The molecule has 7 heteroatoms. The molecule has 0 aliphatic heterocycles. The largest absolute Gasteiger partial charge is 0.480 e. The Balaban J connectivity index is 3.34. The molecule has 0 fully saturated rings. The van der Waals surface area contributed by atoms with Crippen molar-refractivity contribution in [2.45, 2.75) is 17.7 Å². The zero-order valence-electron chi connectivity index (χ0n) is 11.0. The number of nitrogens with zero attached hydrogens (tertiary/aromatic N) is 2. The molecule has 6 nitrogen and oxygen atoms in total. The number of hydrogen-bond donors (Lipinski definition) is 0. The summed E-state index contributed by atoms with van der Waals surface area (Å²) < 4.78 is 14.9. The molecule has 0 bridgehead atoms. The summed E-state index contributed by atoms with van der Waals surface area (Å²) in [5.74, 6) is -0.489. The fourth-order valence-corrected chi connectivity index (χ4v) is 2.16. The topological polar surface area (TPSA) is 70.5 Å². The summed E-state index contributed by atoms with van der Waals surface area (Å²) in [4.78, 5) is 20.6. The standard InChI is InChI=1S/C11H16N2O4S/c1-6(10(14)16-3)7-8(18-5)9(15-2)13-11(12-7)17-4/h6H,1-5H3. The van der Waals surface area contributed by atoms with E-state index in [1.54, 1.807) is 6.92 Å². The summed E-state index contributed by atoms with van der Waals surface area (Å²) in [5, 5.41) is 0. The van der Waals surface area contributed by atoms with Gasteiger partial charge in [0, 0.05) is 0 Å². The summed E-state index contributed by atoms with van der Waals surface area (Å²) in [6.45, 7) is 1.72. The molecule has 1 rings (SSSR count). The third-order valence-corrected chi connectivity index (χ3v) is 3.18. The minimum atomic E-state index is -0.511. The van der Waals surface area contributed by atoms with Crippen molar-refractivity contribution < 1.29 is 19.0 Å². The molecule has 18 heavy (non-hydrogen) atoms. The van der Waals surface area contributed by atoms with Crippen LogP contribution in [0, 0.1) is 0 Å². The van der Waals surface area contributed by atoms with E-state index in [9.17, 15) is 4.79 Å². The van der Waals surface area contributed by atoms with Gasteiger partial charge in [-0.1, -0.05) is 0 Å². The van der Waals surface area contributed by atoms with Crippen LogP contribution in [-0.4, -0.2) is 43.5 Å². The number of thioether (sulfide) groups is 1. The van der Waals surface area contributed by atoms with Crippen molar-refractivity contribution in [2.75, 3.05) is 27.6 Å². The van der Waals surface area contributed by atoms with Gasteiger partial charge in [-0.3, -0.25) is 4.79 Å². The van der Waals surface area contributed by atoms with Gasteiger partial charge in [0.1, 0.15) is 0 Å². The molecule has 0 amide bonds. The Bertz CT molecular complexity index is 439. The molecule has 1 unspecified atom stereocenters. The molecular weight excluding hydrogens is 256 g/mol. The molecule has 1 atom stereocenters. The molecule has 0 aromatic carbocycles. The molecule has 0 aliphatic carbocycles. The Morgan fingerprint density at radius 1 is 1.22 bits per heavy atom. The molecular formula is C11H16N2O4S. The van der Waals surface area contributed by atoms with Gasteiger partial charge in [0.05, 0.1) is 37.8 Å². The van der Waals surface area contributed by atoms with Crippen molar-refractivity contribution in [1.82, 2.24) is 9.97 Å². The van der Waals surface area contributed by atoms with E-state index in [-0.39, 0.29) is 12.0 Å². The molecule has 0 radical (unpaired) electrons. The Morgan fingerprint density at radius 2 is 1.89 bits per heavy atom. The molecule has 0 spiro atoms. The van der Waals surface area contributed by atoms with E-state index < -0.39 is 5.92 Å². The summed E-state index contributed by atoms with van der Waals surface area (Å²) in [6.07, 6.45) is 1.86. The van der Waals surface area contributed by atoms with Crippen LogP contribution in [0.1, 0.15) is 18.5 Å². The first-order chi connectivity index (χ1) is 8.58. The zero-order valence-corrected chi connectivity index (χ0v) is 11.8. The fraction of sp³-hybridized carbons (Fsp3) is 0.545. The average Bonchev–Trinajstić information content (AvgIpc) is 2.43. The maximum atomic E-state index is 11.6. The van der Waals surface area contributed by atoms with Gasteiger partial charge in [-0.05, 0) is 13.2 Å². The minimum Gasteiger partial charge on any atom is -0.480 e. The smallest absolute Gasteiger partial charge is 0.319 e. The molecule has 0 N–H and O–H groups in total. The molecule has 0 aliphatic rings. The van der Waals surface area contributed by atoms with Crippen molar-refractivity contribution >= 4 is 17.7 Å². The van der Waals surface area contributed by atoms with Crippen molar-refractivity contribution in [3.05, 3.63) is 5.69 Å². The van der Waals surface area contributed by atoms with Crippen LogP contribution in [0.4, 0.5) is 0 Å². The Kier molecular flexibility index (Phi) is 5.21. The summed E-state index contributed by atoms with van der Waals surface area (Å²) in [6, 6.07) is 0.162. The molecule has 1 aromatic rings. The van der Waals surface area contributed by atoms with Crippen LogP contribution in [-0.2, 0) is 9.53 Å². The molecule has 1 heterocycles. The van der Waals surface area contributed by atoms with Gasteiger partial charge in [0.15, 0.2) is 0 Å². The third kappa shape index (κ3) is 2.84. The summed E-state index contributed by atoms with van der Waals surface area (Å²) >= 11 is 1.41. The van der Waals surface area contributed by atoms with Crippen molar-refractivity contribution in [2.24, 2.45) is 0 Å². The lowest BCUT2D eigenvalue weighted by Gasteiger charge is -2.15. The zero-order chi connectivity index (χ0) is 13.7. The molecule has 0 saturated carbocycles. The number of carbonyl (C=O) groups is 1. The van der Waals surface area contributed by atoms with E-state index >= 15 is 0 Å². The predicted octanol–water partition coefficient (Wildman–Crippen LogP) is 1.49. The first-order valence-electron chi connectivity index (χ1n) is 5.20. The number of carbonyl (C=O) groups excluding carboxylic acids is 1. The second kappa shape index (κ2) is 6.44. The second-order valence-corrected chi connectivity index (χ2v) is 4.20. The summed E-state index contributed by atoms with van der Waals surface area (Å²) in [7, 11) is 4.31. The van der Waals surface area contributed by atoms with Gasteiger partial charge < -0.3 is 14.2 Å². The minimum absolute atomic E-state index is 0.162. The normalized spacial score (nSPS) is 11.8. The van der Waals surface area contributed by atoms with E-state index in [2.05, 4.69) is 9.97 Å². The lowest BCUT2D eigenvalue weighted by molar-refractivity contribution is -0.142. The van der Waals surface area contributed by atoms with Gasteiger partial charge >= 0.3 is 12.0 Å². The number of aromatic nitrogens is 2. The monoisotopic (exact) mass is 272 g/mol. The van der Waals surface area contributed by atoms with Crippen molar-refractivity contribution in [3.8, 4) is 11.9 Å². The van der Waals surface area contributed by atoms with Gasteiger partial charge in [-0.25, -0.2) is 0 Å². The van der Waals surface area contributed by atoms with E-state index in [1.165, 1.54) is 33.1 Å². The van der Waals surface area contributed by atoms with Crippen LogP contribution in [0.3, 0.4) is 0 Å². The molecule has 0 saturated heterocycles. The number of methoxy groups -OCH3 is 3. The van der Waals surface area contributed by atoms with Crippen LogP contribution in [0.5, 0.6) is 11.9 Å². The fourth-order valence-electron chi connectivity index (χ4n) is 1.43. The van der Waals surface area contributed by atoms with Gasteiger partial charge in [-0.15, -0.1) is 11.8 Å². The van der Waals surface area contributed by atoms with Crippen LogP contribution in [0.15, 0.2) is 4.90 Å². The molecule has 100 valence electrons. The van der Waals surface area contributed by atoms with Crippen molar-refractivity contribution in [1.29, 1.82) is 0 Å². The second-order valence-electron chi connectivity index (χ2n) is 3.38. The quantitative estimate of drug-likeness (QED) is 0.594. The van der Waals surface area contributed by atoms with E-state index in [1.807, 2.05) is 6.26 Å². The van der Waals surface area contributed by atoms with E-state index in [0.717, 1.165) is 0 Å². The number of rotatable bonds is 5. The van der Waals surface area contributed by atoms with Gasteiger partial charge in [-0.2, -0.15) is 9.97 Å². The van der Waals surface area contributed by atoms with Crippen LogP contribution < -0.4 is 9.47 Å². The average molecular weight is 272 g/mol. The highest BCUT2D eigenvalue weighted by Gasteiger charge is 2.25. The first kappa shape index (κ1) is 14.6. The van der Waals surface area contributed by atoms with Gasteiger partial charge in [0.2, 0.25) is 5.88 Å². The van der Waals surface area contributed by atoms with Crippen LogP contribution in [0.25, 0.3) is 0 Å². The number of ether oxygens (including phenoxy) is 3. The highest BCUT2D eigenvalue weighted by atomic mass is 32.2. The van der Waals surface area contributed by atoms with Gasteiger partial charge in [0.25, 0.3) is 0 Å². The highest BCUT2D eigenvalue weighted by Crippen LogP contribution is 2.34. The number of hydrogen-bond acceptors (Lipinski definition) is 7. The van der Waals surface area contributed by atoms with Crippen LogP contribution in [0.2, 0.25) is 0 Å². The Morgan fingerprint density at radius 3 is 2.33 bits per heavy atom. The summed E-state index contributed by atoms with van der Waals surface area (Å²) in [5.41, 5.74) is 0.540. The van der Waals surface area contributed by atoms with E-state index in [0.29, 0.717) is 16.5 Å². The Hall–Kier alpha value is -1.50. The van der Waals surface area contributed by atoms with Crippen LogP contribution >= 0.6 is 11.8 Å². The maximum Gasteiger partial charge on any atom is 0.319 e. The van der Waals surface area contributed by atoms with E-state index in [4.69, 9.17) is 14.2 Å². The lowest BCUT2D eigenvalue weighted by Crippen LogP contribution is -2.15. The maximum absolute atomic E-state index is 11.6. The first-order valence-corrected chi connectivity index (χ1v) is 6.43. The lowest BCUT2D eigenvalue weighted by atomic mass is 10.1. The molecule has 1 aromatic heterocycles. The van der Waals surface area contributed by atoms with Crippen molar-refractivity contribution in [3.63, 3.8) is 0 Å². The number of esters is 1. The third-order valence-electron chi connectivity index (χ3n) is 2.39.